The molecule has 3 heteroatoms. The molecule has 0 heterocycles. The molecule has 0 unspecified atom stereocenters. The van der Waals surface area contributed by atoms with Crippen LogP contribution in [0.4, 0.5) is 0 Å². The van der Waals surface area contributed by atoms with E-state index in [-0.39, 0.29) is 13.2 Å². The number of aliphatic hydroxyl groups is 1. The van der Waals surface area contributed by atoms with Gasteiger partial charge < -0.3 is 9.94 Å². The van der Waals surface area contributed by atoms with Crippen molar-refractivity contribution in [1.82, 2.24) is 0 Å². The third kappa shape index (κ3) is 3.16. The number of benzene rings is 1. The fraction of sp³-hybridized carbons (Fsp3) is 0.222. The Morgan fingerprint density at radius 3 is 2.75 bits per heavy atom. The van der Waals surface area contributed by atoms with Gasteiger partial charge in [-0.3, -0.25) is 0 Å². The minimum Gasteiger partial charge on any atom is -0.393 e. The lowest BCUT2D eigenvalue weighted by Crippen LogP contribution is -1.93. The van der Waals surface area contributed by atoms with E-state index in [0.717, 1.165) is 5.56 Å². The van der Waals surface area contributed by atoms with E-state index in [1.807, 2.05) is 30.3 Å². The molecule has 0 aromatic heterocycles. The summed E-state index contributed by atoms with van der Waals surface area (Å²) >= 11 is 0. The molecule has 0 atom stereocenters. The number of aliphatic hydroxyl groups excluding tert-OH is 1. The van der Waals surface area contributed by atoms with Gasteiger partial charge in [-0.1, -0.05) is 35.5 Å². The monoisotopic (exact) mass is 165 g/mol. The highest BCUT2D eigenvalue weighted by molar-refractivity contribution is 5.78. The van der Waals surface area contributed by atoms with Crippen LogP contribution in [0, 0.1) is 0 Å². The quantitative estimate of drug-likeness (QED) is 0.411. The van der Waals surface area contributed by atoms with E-state index in [4.69, 9.17) is 9.94 Å². The van der Waals surface area contributed by atoms with Crippen LogP contribution in [0.2, 0.25) is 0 Å². The molecule has 1 aromatic rings. The Morgan fingerprint density at radius 2 is 2.08 bits per heavy atom. The average Bonchev–Trinajstić information content (AvgIpc) is 2.14. The topological polar surface area (TPSA) is 41.8 Å². The van der Waals surface area contributed by atoms with Crippen LogP contribution in [-0.2, 0) is 4.84 Å². The Balaban J connectivity index is 2.36. The van der Waals surface area contributed by atoms with E-state index in [1.54, 1.807) is 6.21 Å². The summed E-state index contributed by atoms with van der Waals surface area (Å²) in [5.41, 5.74) is 0.982. The number of rotatable bonds is 4. The highest BCUT2D eigenvalue weighted by Gasteiger charge is 1.83. The van der Waals surface area contributed by atoms with Crippen molar-refractivity contribution in [3.05, 3.63) is 35.9 Å². The van der Waals surface area contributed by atoms with Gasteiger partial charge >= 0.3 is 0 Å². The number of hydrogen-bond donors (Lipinski definition) is 1. The largest absolute Gasteiger partial charge is 0.393 e. The molecule has 64 valence electrons. The maximum absolute atomic E-state index is 8.36. The molecular weight excluding hydrogens is 154 g/mol. The molecular formula is C9H11NO2. The van der Waals surface area contributed by atoms with Gasteiger partial charge in [0.1, 0.15) is 6.61 Å². The van der Waals surface area contributed by atoms with E-state index in [0.29, 0.717) is 0 Å². The molecule has 1 aromatic carbocycles. The summed E-state index contributed by atoms with van der Waals surface area (Å²) in [7, 11) is 0. The predicted octanol–water partition coefficient (Wildman–Crippen LogP) is 1.03. The van der Waals surface area contributed by atoms with Gasteiger partial charge in [-0.05, 0) is 5.56 Å². The summed E-state index contributed by atoms with van der Waals surface area (Å²) in [6.07, 6.45) is 1.61. The van der Waals surface area contributed by atoms with Gasteiger partial charge in [-0.15, -0.1) is 0 Å². The van der Waals surface area contributed by atoms with Gasteiger partial charge in [-0.2, -0.15) is 0 Å². The maximum Gasteiger partial charge on any atom is 0.140 e. The van der Waals surface area contributed by atoms with Crippen LogP contribution in [0.25, 0.3) is 0 Å². The molecule has 1 N–H and O–H groups in total. The van der Waals surface area contributed by atoms with Gasteiger partial charge in [0.15, 0.2) is 0 Å². The molecule has 0 fully saturated rings. The Labute approximate surface area is 71.3 Å². The second-order valence-corrected chi connectivity index (χ2v) is 2.20. The van der Waals surface area contributed by atoms with Crippen LogP contribution in [0.1, 0.15) is 5.56 Å². The van der Waals surface area contributed by atoms with Crippen LogP contribution in [0.3, 0.4) is 0 Å². The van der Waals surface area contributed by atoms with Crippen molar-refractivity contribution in [1.29, 1.82) is 0 Å². The minimum atomic E-state index is -0.00781. The molecule has 0 aliphatic carbocycles. The van der Waals surface area contributed by atoms with Gasteiger partial charge in [0.2, 0.25) is 0 Å². The highest BCUT2D eigenvalue weighted by Crippen LogP contribution is 1.93. The first-order chi connectivity index (χ1) is 5.93. The van der Waals surface area contributed by atoms with Crippen molar-refractivity contribution in [2.24, 2.45) is 5.16 Å². The molecule has 0 amide bonds. The average molecular weight is 165 g/mol. The van der Waals surface area contributed by atoms with E-state index in [9.17, 15) is 0 Å². The van der Waals surface area contributed by atoms with Crippen LogP contribution in [0.15, 0.2) is 35.5 Å². The summed E-state index contributed by atoms with van der Waals surface area (Å²) in [5.74, 6) is 0. The van der Waals surface area contributed by atoms with Gasteiger partial charge in [0.05, 0.1) is 12.8 Å². The zero-order valence-corrected chi connectivity index (χ0v) is 6.68. The van der Waals surface area contributed by atoms with Crippen molar-refractivity contribution >= 4 is 6.21 Å². The molecule has 12 heavy (non-hydrogen) atoms. The Hall–Kier alpha value is -1.35. The first-order valence-electron chi connectivity index (χ1n) is 3.75. The molecule has 0 aliphatic heterocycles. The summed E-state index contributed by atoms with van der Waals surface area (Å²) < 4.78 is 0. The van der Waals surface area contributed by atoms with Crippen LogP contribution >= 0.6 is 0 Å². The van der Waals surface area contributed by atoms with Crippen molar-refractivity contribution < 1.29 is 9.94 Å². The molecule has 3 nitrogen and oxygen atoms in total. The van der Waals surface area contributed by atoms with Crippen LogP contribution < -0.4 is 0 Å². The predicted molar refractivity (Wildman–Crippen MR) is 47.1 cm³/mol. The molecule has 0 bridgehead atoms. The summed E-state index contributed by atoms with van der Waals surface area (Å²) in [4.78, 5) is 4.71. The molecule has 0 saturated carbocycles. The van der Waals surface area contributed by atoms with E-state index < -0.39 is 0 Å². The summed E-state index contributed by atoms with van der Waals surface area (Å²) in [5, 5.41) is 12.0. The van der Waals surface area contributed by atoms with Crippen molar-refractivity contribution in [2.45, 2.75) is 0 Å². The normalized spacial score (nSPS) is 10.4. The lowest BCUT2D eigenvalue weighted by molar-refractivity contribution is 0.0997. The van der Waals surface area contributed by atoms with Crippen molar-refractivity contribution in [3.8, 4) is 0 Å². The molecule has 1 rings (SSSR count). The molecule has 0 saturated heterocycles. The second-order valence-electron chi connectivity index (χ2n) is 2.20. The summed E-state index contributed by atoms with van der Waals surface area (Å²) in [6.45, 7) is 0.232. The zero-order valence-electron chi connectivity index (χ0n) is 6.68. The van der Waals surface area contributed by atoms with Crippen LogP contribution in [-0.4, -0.2) is 24.5 Å². The standard InChI is InChI=1S/C9H11NO2/c11-6-7-12-10-8-9-4-2-1-3-5-9/h1-5,8,11H,6-7H2. The zero-order chi connectivity index (χ0) is 8.65. The fourth-order valence-corrected chi connectivity index (χ4v) is 0.731. The van der Waals surface area contributed by atoms with E-state index in [1.165, 1.54) is 0 Å². The Bertz CT molecular complexity index is 234. The summed E-state index contributed by atoms with van der Waals surface area (Å²) in [6, 6.07) is 9.63. The van der Waals surface area contributed by atoms with Gasteiger partial charge in [0.25, 0.3) is 0 Å². The third-order valence-electron chi connectivity index (χ3n) is 1.26. The number of oxime groups is 1. The molecule has 0 radical (unpaired) electrons. The minimum absolute atomic E-state index is 0.00781. The van der Waals surface area contributed by atoms with E-state index in [2.05, 4.69) is 5.16 Å². The fourth-order valence-electron chi connectivity index (χ4n) is 0.731. The SMILES string of the molecule is OCCON=Cc1ccccc1. The lowest BCUT2D eigenvalue weighted by Gasteiger charge is -1.93. The number of hydrogen-bond acceptors (Lipinski definition) is 3. The Morgan fingerprint density at radius 1 is 1.33 bits per heavy atom. The smallest absolute Gasteiger partial charge is 0.140 e. The third-order valence-corrected chi connectivity index (χ3v) is 1.26. The lowest BCUT2D eigenvalue weighted by atomic mass is 10.2. The second kappa shape index (κ2) is 5.32. The van der Waals surface area contributed by atoms with Gasteiger partial charge in [0, 0.05) is 0 Å². The van der Waals surface area contributed by atoms with Crippen LogP contribution in [0.5, 0.6) is 0 Å². The van der Waals surface area contributed by atoms with Crippen molar-refractivity contribution in [2.75, 3.05) is 13.2 Å². The maximum atomic E-state index is 8.36. The van der Waals surface area contributed by atoms with Crippen molar-refractivity contribution in [3.63, 3.8) is 0 Å². The number of nitrogens with zero attached hydrogens (tertiary/aromatic N) is 1. The first kappa shape index (κ1) is 8.74. The molecule has 0 aliphatic rings. The Kier molecular flexibility index (Phi) is 3.88. The van der Waals surface area contributed by atoms with Gasteiger partial charge in [-0.25, -0.2) is 0 Å². The van der Waals surface area contributed by atoms with E-state index >= 15 is 0 Å². The highest BCUT2D eigenvalue weighted by atomic mass is 16.6. The molecule has 0 spiro atoms. The first-order valence-corrected chi connectivity index (χ1v) is 3.75.